The van der Waals surface area contributed by atoms with Crippen molar-refractivity contribution in [1.82, 2.24) is 27.4 Å². The van der Waals surface area contributed by atoms with E-state index in [0.29, 0.717) is 5.56 Å². The number of hydrogen-bond acceptors (Lipinski definition) is 1. The first kappa shape index (κ1) is 50.4. The van der Waals surface area contributed by atoms with E-state index < -0.39 is 0 Å². The van der Waals surface area contributed by atoms with E-state index in [9.17, 15) is 5.26 Å². The second-order valence-electron chi connectivity index (χ2n) is 24.2. The number of para-hydroxylation sites is 11. The Balaban J connectivity index is 1.18. The molecule has 0 saturated carbocycles. The maximum absolute atomic E-state index is 11.3. The minimum absolute atomic E-state index is 0.560. The van der Waals surface area contributed by atoms with Crippen LogP contribution in [-0.2, 0) is 0 Å². The number of nitrogens with zero attached hydrogens (tertiary/aromatic N) is 7. The van der Waals surface area contributed by atoms with Gasteiger partial charge in [0.05, 0.1) is 106 Å². The van der Waals surface area contributed by atoms with Crippen molar-refractivity contribution in [3.8, 4) is 51.3 Å². The molecule has 0 N–H and O–H groups in total. The summed E-state index contributed by atoms with van der Waals surface area (Å²) in [7, 11) is 0. The Bertz CT molecular complexity index is 6120. The van der Waals surface area contributed by atoms with Crippen LogP contribution in [0.2, 0.25) is 0 Å². The smallest absolute Gasteiger partial charge is 0.0991 e. The molecule has 0 bridgehead atoms. The van der Waals surface area contributed by atoms with E-state index in [1.807, 2.05) is 6.07 Å². The predicted octanol–water partition coefficient (Wildman–Crippen LogP) is 21.8. The molecule has 0 aliphatic carbocycles. The molecule has 0 aliphatic rings. The molecule has 7 heteroatoms. The van der Waals surface area contributed by atoms with Gasteiger partial charge in [0.15, 0.2) is 0 Å². The van der Waals surface area contributed by atoms with Crippen LogP contribution in [0.5, 0.6) is 0 Å². The summed E-state index contributed by atoms with van der Waals surface area (Å²) in [4.78, 5) is 0. The van der Waals surface area contributed by atoms with Crippen molar-refractivity contribution in [3.63, 3.8) is 0 Å². The van der Waals surface area contributed by atoms with Gasteiger partial charge in [-0.3, -0.25) is 0 Å². The van der Waals surface area contributed by atoms with Crippen LogP contribution in [0.3, 0.4) is 0 Å². The van der Waals surface area contributed by atoms with Gasteiger partial charge in [0.25, 0.3) is 0 Å². The van der Waals surface area contributed by atoms with Gasteiger partial charge in [-0.1, -0.05) is 218 Å². The van der Waals surface area contributed by atoms with Gasteiger partial charge in [0.2, 0.25) is 0 Å². The van der Waals surface area contributed by atoms with Crippen LogP contribution < -0.4 is 0 Å². The van der Waals surface area contributed by atoms with E-state index in [0.717, 1.165) is 165 Å². The summed E-state index contributed by atoms with van der Waals surface area (Å²) in [6, 6.07) is 116. The fourth-order valence-corrected chi connectivity index (χ4v) is 16.0. The van der Waals surface area contributed by atoms with Gasteiger partial charge in [-0.25, -0.2) is 0 Å². The van der Waals surface area contributed by atoms with Crippen molar-refractivity contribution in [3.05, 3.63) is 315 Å². The molecule has 0 radical (unpaired) electrons. The summed E-state index contributed by atoms with van der Waals surface area (Å²) in [5.74, 6) is 0. The third-order valence-corrected chi connectivity index (χ3v) is 19.6. The highest BCUT2D eigenvalue weighted by atomic mass is 15.2. The second-order valence-corrected chi connectivity index (χ2v) is 24.2. The summed E-state index contributed by atoms with van der Waals surface area (Å²) < 4.78 is 15.4. The number of aromatic nitrogens is 6. The molecule has 92 heavy (non-hydrogen) atoms. The van der Waals surface area contributed by atoms with Crippen molar-refractivity contribution in [2.24, 2.45) is 0 Å². The normalized spacial score (nSPS) is 12.1. The van der Waals surface area contributed by atoms with E-state index in [4.69, 9.17) is 0 Å². The van der Waals surface area contributed by atoms with Crippen molar-refractivity contribution < 1.29 is 0 Å². The van der Waals surface area contributed by atoms with Gasteiger partial charge in [0, 0.05) is 75.9 Å². The number of benzene rings is 14. The summed E-state index contributed by atoms with van der Waals surface area (Å²) in [5, 5.41) is 25.0. The van der Waals surface area contributed by atoms with E-state index >= 15 is 0 Å². The third kappa shape index (κ3) is 6.76. The molecule has 0 spiro atoms. The summed E-state index contributed by atoms with van der Waals surface area (Å²) >= 11 is 0. The molecule has 426 valence electrons. The molecule has 0 fully saturated rings. The molecule has 0 unspecified atom stereocenters. The van der Waals surface area contributed by atoms with Crippen LogP contribution in [0.15, 0.2) is 309 Å². The van der Waals surface area contributed by atoms with Crippen LogP contribution in [0.25, 0.3) is 176 Å². The first-order chi connectivity index (χ1) is 45.7. The average molecular weight is 1170 g/mol. The lowest BCUT2D eigenvalue weighted by Crippen LogP contribution is -2.18. The SMILES string of the molecule is N#Cc1cccc(-c2c(-n3c4ccccc4c4ccccc43)c(-n3c4ccccc4c4ccccc43)c(-n3c4ccccc4c4c3ccc3c5ccccc5n(-c5ccccc5)c34)c(-n3c4ccccc4c4ccccc43)c2-n2c3ccccc3c3ccccc32)c1. The molecule has 20 rings (SSSR count). The van der Waals surface area contributed by atoms with Gasteiger partial charge in [-0.15, -0.1) is 0 Å². The number of rotatable bonds is 7. The third-order valence-electron chi connectivity index (χ3n) is 19.6. The number of fused-ring (bicyclic) bond motifs is 19. The largest absolute Gasteiger partial charge is 0.309 e. The van der Waals surface area contributed by atoms with E-state index in [2.05, 4.69) is 337 Å². The molecular weight excluding hydrogens is 1120 g/mol. The van der Waals surface area contributed by atoms with Gasteiger partial charge >= 0.3 is 0 Å². The first-order valence-corrected chi connectivity index (χ1v) is 31.4. The zero-order valence-corrected chi connectivity index (χ0v) is 49.6. The summed E-state index contributed by atoms with van der Waals surface area (Å²) in [6.45, 7) is 0. The van der Waals surface area contributed by atoms with Crippen LogP contribution >= 0.6 is 0 Å². The summed E-state index contributed by atoms with van der Waals surface area (Å²) in [6.07, 6.45) is 0. The Kier molecular flexibility index (Phi) is 10.5. The Morgan fingerprint density at radius 1 is 0.217 bits per heavy atom. The number of hydrogen-bond donors (Lipinski definition) is 0. The molecule has 7 nitrogen and oxygen atoms in total. The van der Waals surface area contributed by atoms with Crippen molar-refractivity contribution in [2.45, 2.75) is 0 Å². The molecular formula is C85H51N7. The lowest BCUT2D eigenvalue weighted by atomic mass is 9.94. The van der Waals surface area contributed by atoms with Gasteiger partial charge in [-0.05, 0) is 96.6 Å². The van der Waals surface area contributed by atoms with E-state index in [1.54, 1.807) is 0 Å². The Morgan fingerprint density at radius 2 is 0.511 bits per heavy atom. The summed E-state index contributed by atoms with van der Waals surface area (Å²) in [5.41, 5.74) is 21.1. The van der Waals surface area contributed by atoms with Crippen LogP contribution in [0.1, 0.15) is 5.56 Å². The van der Waals surface area contributed by atoms with Crippen LogP contribution in [0.4, 0.5) is 0 Å². The minimum atomic E-state index is 0.560. The molecule has 0 aliphatic heterocycles. The van der Waals surface area contributed by atoms with Crippen molar-refractivity contribution in [2.75, 3.05) is 0 Å². The molecule has 6 aromatic heterocycles. The van der Waals surface area contributed by atoms with Gasteiger partial charge in [-0.2, -0.15) is 5.26 Å². The lowest BCUT2D eigenvalue weighted by molar-refractivity contribution is 1.00. The quantitative estimate of drug-likeness (QED) is 0.157. The highest BCUT2D eigenvalue weighted by Gasteiger charge is 2.37. The number of nitriles is 1. The average Bonchev–Trinajstić information content (AvgIpc) is 1.46. The Hall–Kier alpha value is -12.6. The Labute approximate surface area is 526 Å². The molecule has 6 heterocycles. The Morgan fingerprint density at radius 3 is 0.891 bits per heavy atom. The molecule has 20 aromatic rings. The molecule has 0 amide bonds. The predicted molar refractivity (Wildman–Crippen MR) is 383 cm³/mol. The van der Waals surface area contributed by atoms with E-state index in [-0.39, 0.29) is 0 Å². The molecule has 14 aromatic carbocycles. The lowest BCUT2D eigenvalue weighted by Gasteiger charge is -2.32. The molecule has 0 atom stereocenters. The zero-order valence-electron chi connectivity index (χ0n) is 49.6. The zero-order chi connectivity index (χ0) is 60.3. The monoisotopic (exact) mass is 1170 g/mol. The highest BCUT2D eigenvalue weighted by molar-refractivity contribution is 6.27. The second kappa shape index (κ2) is 19.2. The first-order valence-electron chi connectivity index (χ1n) is 31.4. The minimum Gasteiger partial charge on any atom is -0.309 e. The standard InChI is InChI=1S/C85H51N7/c86-52-53-25-24-26-54(51-53)78-81(88-68-40-15-4-29-56(68)57-30-5-16-41-69(57)88)83(90-72-44-19-8-33-60(72)61-34-9-20-45-73(61)90)85(92-76-48-23-13-38-66(76)79-77(92)50-49-65-64-37-12-14-39-67(64)87(80(65)79)55-27-2-1-3-28-55)84(91-74-46-21-10-35-62(74)63-36-11-22-47-75(63)91)82(78)89-70-42-17-6-31-58(70)59-32-7-18-43-71(59)89/h1-51H. The topological polar surface area (TPSA) is 53.4 Å². The fraction of sp³-hybridized carbons (Fsp3) is 0. The van der Waals surface area contributed by atoms with Crippen LogP contribution in [-0.4, -0.2) is 27.4 Å². The maximum Gasteiger partial charge on any atom is 0.0991 e. The van der Waals surface area contributed by atoms with Gasteiger partial charge in [0.1, 0.15) is 0 Å². The maximum atomic E-state index is 11.3. The van der Waals surface area contributed by atoms with E-state index in [1.165, 1.54) is 10.8 Å². The van der Waals surface area contributed by atoms with Gasteiger partial charge < -0.3 is 27.4 Å². The molecule has 0 saturated heterocycles. The van der Waals surface area contributed by atoms with Crippen molar-refractivity contribution in [1.29, 1.82) is 5.26 Å². The van der Waals surface area contributed by atoms with Crippen LogP contribution in [0, 0.1) is 11.3 Å². The highest BCUT2D eigenvalue weighted by Crippen LogP contribution is 2.55. The van der Waals surface area contributed by atoms with Crippen molar-refractivity contribution >= 4 is 131 Å². The fourth-order valence-electron chi connectivity index (χ4n) is 16.0.